The summed E-state index contributed by atoms with van der Waals surface area (Å²) in [6.07, 6.45) is 3.85. The van der Waals surface area contributed by atoms with Crippen LogP contribution in [0.25, 0.3) is 0 Å². The normalized spacial score (nSPS) is 21.5. The Hall–Kier alpha value is -2.91. The maximum atomic E-state index is 14.7. The quantitative estimate of drug-likeness (QED) is 0.558. The van der Waals surface area contributed by atoms with Crippen LogP contribution in [0, 0.1) is 5.82 Å². The van der Waals surface area contributed by atoms with Crippen LogP contribution < -0.4 is 27.0 Å². The number of pyridine rings is 1. The molecule has 2 fully saturated rings. The van der Waals surface area contributed by atoms with Gasteiger partial charge in [-0.1, -0.05) is 12.8 Å². The van der Waals surface area contributed by atoms with Crippen molar-refractivity contribution in [1.82, 2.24) is 4.98 Å². The first-order valence-corrected chi connectivity index (χ1v) is 10.7. The zero-order chi connectivity index (χ0) is 21.8. The maximum Gasteiger partial charge on any atom is 0.252 e. The van der Waals surface area contributed by atoms with Gasteiger partial charge in [-0.3, -0.25) is 4.79 Å². The zero-order valence-corrected chi connectivity index (χ0v) is 17.4. The second-order valence-electron chi connectivity index (χ2n) is 8.05. The van der Waals surface area contributed by atoms with E-state index in [1.165, 1.54) is 0 Å². The average molecular weight is 429 g/mol. The number of aromatic nitrogens is 1. The highest BCUT2D eigenvalue weighted by atomic mass is 19.1. The van der Waals surface area contributed by atoms with E-state index >= 15 is 0 Å². The summed E-state index contributed by atoms with van der Waals surface area (Å²) in [5, 5.41) is 6.23. The van der Waals surface area contributed by atoms with Crippen molar-refractivity contribution in [3.05, 3.63) is 41.7 Å². The molecule has 1 amide bonds. The number of ether oxygens (including phenoxy) is 1. The molecule has 2 atom stereocenters. The van der Waals surface area contributed by atoms with Gasteiger partial charge in [0, 0.05) is 36.5 Å². The predicted molar refractivity (Wildman–Crippen MR) is 119 cm³/mol. The fraction of sp³-hybridized carbons (Fsp3) is 0.455. The van der Waals surface area contributed by atoms with E-state index in [1.54, 1.807) is 0 Å². The molecule has 0 radical (unpaired) electrons. The van der Waals surface area contributed by atoms with E-state index in [4.69, 9.17) is 16.2 Å². The molecule has 1 aliphatic heterocycles. The molecule has 2 heterocycles. The van der Waals surface area contributed by atoms with Gasteiger partial charge < -0.3 is 31.7 Å². The smallest absolute Gasteiger partial charge is 0.252 e. The van der Waals surface area contributed by atoms with E-state index in [1.807, 2.05) is 24.3 Å². The number of halogens is 1. The standard InChI is InChI=1S/C22H29FN6O2/c23-17-13-16(20(25)30)21(28-22(17)27-19-4-2-1-3-18(19)24)26-14-5-7-15(8-6-14)29-9-11-31-12-10-29/h5-8,13,18-19H,1-4,9-12,24H2,(H2,25,30)(H2,26,27,28). The average Bonchev–Trinajstić information content (AvgIpc) is 2.78. The predicted octanol–water partition coefficient (Wildman–Crippen LogP) is 2.58. The Labute approximate surface area is 181 Å². The van der Waals surface area contributed by atoms with Gasteiger partial charge >= 0.3 is 0 Å². The minimum absolute atomic E-state index is 0.00625. The first-order valence-electron chi connectivity index (χ1n) is 10.7. The van der Waals surface area contributed by atoms with Crippen molar-refractivity contribution in [2.75, 3.05) is 41.8 Å². The molecule has 1 aliphatic carbocycles. The van der Waals surface area contributed by atoms with Crippen LogP contribution in [0.5, 0.6) is 0 Å². The number of hydrogen-bond acceptors (Lipinski definition) is 7. The molecule has 1 saturated carbocycles. The number of benzene rings is 1. The second kappa shape index (κ2) is 9.49. The Balaban J connectivity index is 1.55. The van der Waals surface area contributed by atoms with E-state index in [9.17, 15) is 9.18 Å². The number of primary amides is 1. The molecule has 8 nitrogen and oxygen atoms in total. The van der Waals surface area contributed by atoms with Crippen molar-refractivity contribution in [3.63, 3.8) is 0 Å². The Kier molecular flexibility index (Phi) is 6.53. The third-order valence-electron chi connectivity index (χ3n) is 5.89. The molecular weight excluding hydrogens is 399 g/mol. The molecular formula is C22H29FN6O2. The number of hydrogen-bond donors (Lipinski definition) is 4. The molecule has 1 saturated heterocycles. The molecule has 166 valence electrons. The molecule has 2 aromatic rings. The Bertz CT molecular complexity index is 917. The monoisotopic (exact) mass is 428 g/mol. The topological polar surface area (TPSA) is 119 Å². The van der Waals surface area contributed by atoms with Crippen LogP contribution in [0.2, 0.25) is 0 Å². The van der Waals surface area contributed by atoms with Crippen LogP contribution >= 0.6 is 0 Å². The molecule has 4 rings (SSSR count). The van der Waals surface area contributed by atoms with Gasteiger partial charge in [-0.25, -0.2) is 9.37 Å². The van der Waals surface area contributed by atoms with E-state index in [2.05, 4.69) is 20.5 Å². The van der Waals surface area contributed by atoms with Crippen molar-refractivity contribution in [2.24, 2.45) is 11.5 Å². The molecule has 6 N–H and O–H groups in total. The van der Waals surface area contributed by atoms with Gasteiger partial charge in [0.15, 0.2) is 11.6 Å². The van der Waals surface area contributed by atoms with Crippen LogP contribution in [0.3, 0.4) is 0 Å². The number of morpholine rings is 1. The molecule has 1 aromatic carbocycles. The van der Waals surface area contributed by atoms with Crippen LogP contribution in [-0.2, 0) is 4.74 Å². The van der Waals surface area contributed by atoms with Crippen LogP contribution in [0.15, 0.2) is 30.3 Å². The van der Waals surface area contributed by atoms with Gasteiger partial charge in [-0.05, 0) is 43.2 Å². The maximum absolute atomic E-state index is 14.7. The summed E-state index contributed by atoms with van der Waals surface area (Å²) < 4.78 is 20.0. The molecule has 31 heavy (non-hydrogen) atoms. The number of carbonyl (C=O) groups excluding carboxylic acids is 1. The molecule has 2 unspecified atom stereocenters. The lowest BCUT2D eigenvalue weighted by molar-refractivity contribution is 0.100. The summed E-state index contributed by atoms with van der Waals surface area (Å²) in [6.45, 7) is 3.11. The van der Waals surface area contributed by atoms with Crippen LogP contribution in [0.1, 0.15) is 36.0 Å². The van der Waals surface area contributed by atoms with E-state index in [-0.39, 0.29) is 29.3 Å². The van der Waals surface area contributed by atoms with E-state index in [0.29, 0.717) is 13.2 Å². The molecule has 0 bridgehead atoms. The molecule has 0 spiro atoms. The van der Waals surface area contributed by atoms with Crippen molar-refractivity contribution in [1.29, 1.82) is 0 Å². The second-order valence-corrected chi connectivity index (χ2v) is 8.05. The summed E-state index contributed by atoms with van der Waals surface area (Å²) in [5.41, 5.74) is 13.5. The van der Waals surface area contributed by atoms with Crippen LogP contribution in [0.4, 0.5) is 27.4 Å². The highest BCUT2D eigenvalue weighted by Crippen LogP contribution is 2.27. The SMILES string of the molecule is NC(=O)c1cc(F)c(NC2CCCCC2N)nc1Nc1ccc(N2CCOCC2)cc1. The number of rotatable bonds is 6. The summed E-state index contributed by atoms with van der Waals surface area (Å²) in [7, 11) is 0. The van der Waals surface area contributed by atoms with Crippen LogP contribution in [-0.4, -0.2) is 49.3 Å². The third kappa shape index (κ3) is 5.05. The Morgan fingerprint density at radius 2 is 1.84 bits per heavy atom. The number of anilines is 4. The fourth-order valence-electron chi connectivity index (χ4n) is 4.10. The summed E-state index contributed by atoms with van der Waals surface area (Å²) in [6, 6.07) is 8.76. The Morgan fingerprint density at radius 3 is 2.52 bits per heavy atom. The van der Waals surface area contributed by atoms with E-state index < -0.39 is 11.7 Å². The molecule has 2 aliphatic rings. The number of amides is 1. The lowest BCUT2D eigenvalue weighted by Gasteiger charge is -2.30. The lowest BCUT2D eigenvalue weighted by Crippen LogP contribution is -2.43. The zero-order valence-electron chi connectivity index (χ0n) is 17.4. The lowest BCUT2D eigenvalue weighted by atomic mass is 9.91. The minimum Gasteiger partial charge on any atom is -0.378 e. The van der Waals surface area contributed by atoms with E-state index in [0.717, 1.165) is 56.2 Å². The first kappa shape index (κ1) is 21.3. The van der Waals surface area contributed by atoms with Gasteiger partial charge in [0.25, 0.3) is 5.91 Å². The first-order chi connectivity index (χ1) is 15.0. The van der Waals surface area contributed by atoms with Gasteiger partial charge in [-0.2, -0.15) is 0 Å². The van der Waals surface area contributed by atoms with Gasteiger partial charge in [0.1, 0.15) is 5.82 Å². The number of nitrogens with two attached hydrogens (primary N) is 2. The highest BCUT2D eigenvalue weighted by Gasteiger charge is 2.24. The number of nitrogens with one attached hydrogen (secondary N) is 2. The number of nitrogens with zero attached hydrogens (tertiary/aromatic N) is 2. The van der Waals surface area contributed by atoms with Gasteiger partial charge in [0.05, 0.1) is 18.8 Å². The Morgan fingerprint density at radius 1 is 1.13 bits per heavy atom. The molecule has 9 heteroatoms. The molecule has 1 aromatic heterocycles. The van der Waals surface area contributed by atoms with Crippen molar-refractivity contribution < 1.29 is 13.9 Å². The summed E-state index contributed by atoms with van der Waals surface area (Å²) >= 11 is 0. The van der Waals surface area contributed by atoms with Crippen molar-refractivity contribution in [3.8, 4) is 0 Å². The number of carbonyl (C=O) groups is 1. The summed E-state index contributed by atoms with van der Waals surface area (Å²) in [4.78, 5) is 18.5. The van der Waals surface area contributed by atoms with Crippen molar-refractivity contribution >= 4 is 28.9 Å². The third-order valence-corrected chi connectivity index (χ3v) is 5.89. The van der Waals surface area contributed by atoms with Crippen molar-refractivity contribution in [2.45, 2.75) is 37.8 Å². The largest absolute Gasteiger partial charge is 0.378 e. The fourth-order valence-corrected chi connectivity index (χ4v) is 4.10. The minimum atomic E-state index is -0.750. The highest BCUT2D eigenvalue weighted by molar-refractivity contribution is 5.98. The summed E-state index contributed by atoms with van der Waals surface area (Å²) in [5.74, 6) is -1.10. The van der Waals surface area contributed by atoms with Gasteiger partial charge in [0.2, 0.25) is 0 Å². The van der Waals surface area contributed by atoms with Gasteiger partial charge in [-0.15, -0.1) is 0 Å².